The predicted molar refractivity (Wildman–Crippen MR) is 97.1 cm³/mol. The van der Waals surface area contributed by atoms with Crippen molar-refractivity contribution in [2.24, 2.45) is 0 Å². The molecule has 4 nitrogen and oxygen atoms in total. The molecule has 0 aliphatic carbocycles. The first-order valence-corrected chi connectivity index (χ1v) is 9.03. The number of hydrogen-bond donors (Lipinski definition) is 1. The van der Waals surface area contributed by atoms with Crippen LogP contribution in [-0.2, 0) is 17.6 Å². The summed E-state index contributed by atoms with van der Waals surface area (Å²) >= 11 is 0. The highest BCUT2D eigenvalue weighted by Gasteiger charge is 2.14. The largest absolute Gasteiger partial charge is 0.493 e. The Morgan fingerprint density at radius 3 is 2.20 bits per heavy atom. The van der Waals surface area contributed by atoms with Gasteiger partial charge in [-0.15, -0.1) is 0 Å². The molecule has 2 aromatic rings. The van der Waals surface area contributed by atoms with Crippen molar-refractivity contribution in [3.8, 4) is 11.5 Å². The van der Waals surface area contributed by atoms with E-state index in [0.717, 1.165) is 42.9 Å². The van der Waals surface area contributed by atoms with E-state index in [1.165, 1.54) is 12.0 Å². The van der Waals surface area contributed by atoms with Gasteiger partial charge >= 0.3 is 0 Å². The average Bonchev–Trinajstić information content (AvgIpc) is 2.66. The van der Waals surface area contributed by atoms with Gasteiger partial charge in [-0.1, -0.05) is 24.3 Å². The number of rotatable bonds is 8. The summed E-state index contributed by atoms with van der Waals surface area (Å²) in [7, 11) is 0. The summed E-state index contributed by atoms with van der Waals surface area (Å²) in [5, 5.41) is 8.92. The van der Waals surface area contributed by atoms with Crippen LogP contribution in [0.3, 0.4) is 0 Å². The van der Waals surface area contributed by atoms with E-state index in [9.17, 15) is 0 Å². The minimum absolute atomic E-state index is 0.100. The summed E-state index contributed by atoms with van der Waals surface area (Å²) < 4.78 is 17.2. The zero-order valence-electron chi connectivity index (χ0n) is 14.5. The molecule has 1 fully saturated rings. The first-order chi connectivity index (χ1) is 12.3. The molecule has 0 amide bonds. The van der Waals surface area contributed by atoms with Gasteiger partial charge in [0.05, 0.1) is 13.2 Å². The molecule has 134 valence electrons. The molecule has 1 N–H and O–H groups in total. The molecule has 1 saturated heterocycles. The molecule has 4 heteroatoms. The topological polar surface area (TPSA) is 47.9 Å². The molecule has 0 radical (unpaired) electrons. The summed E-state index contributed by atoms with van der Waals surface area (Å²) in [4.78, 5) is 0. The lowest BCUT2D eigenvalue weighted by atomic mass is 10.1. The zero-order valence-corrected chi connectivity index (χ0v) is 14.5. The van der Waals surface area contributed by atoms with E-state index in [1.807, 2.05) is 36.4 Å². The van der Waals surface area contributed by atoms with Crippen molar-refractivity contribution in [2.75, 3.05) is 19.8 Å². The Balaban J connectivity index is 1.42. The van der Waals surface area contributed by atoms with E-state index >= 15 is 0 Å². The van der Waals surface area contributed by atoms with Crippen LogP contribution >= 0.6 is 0 Å². The second-order valence-electron chi connectivity index (χ2n) is 6.27. The predicted octanol–water partition coefficient (Wildman–Crippen LogP) is 3.75. The van der Waals surface area contributed by atoms with Gasteiger partial charge < -0.3 is 19.3 Å². The molecule has 1 atom stereocenters. The minimum Gasteiger partial charge on any atom is -0.493 e. The van der Waals surface area contributed by atoms with Crippen molar-refractivity contribution in [1.82, 2.24) is 0 Å². The molecule has 25 heavy (non-hydrogen) atoms. The second kappa shape index (κ2) is 9.44. The lowest BCUT2D eigenvalue weighted by Gasteiger charge is -2.23. The van der Waals surface area contributed by atoms with Crippen molar-refractivity contribution < 1.29 is 19.3 Å². The molecule has 0 bridgehead atoms. The van der Waals surface area contributed by atoms with E-state index in [1.54, 1.807) is 0 Å². The first-order valence-electron chi connectivity index (χ1n) is 9.03. The minimum atomic E-state index is -0.100. The third-order valence-electron chi connectivity index (χ3n) is 4.31. The van der Waals surface area contributed by atoms with Crippen LogP contribution in [0.2, 0.25) is 0 Å². The highest BCUT2D eigenvalue weighted by Crippen LogP contribution is 2.20. The van der Waals surface area contributed by atoms with Gasteiger partial charge in [0.2, 0.25) is 0 Å². The van der Waals surface area contributed by atoms with Crippen LogP contribution in [0.1, 0.15) is 30.4 Å². The summed E-state index contributed by atoms with van der Waals surface area (Å²) in [6.07, 6.45) is 4.69. The van der Waals surface area contributed by atoms with Gasteiger partial charge in [-0.2, -0.15) is 0 Å². The molecular formula is C21H26O4. The van der Waals surface area contributed by atoms with Crippen molar-refractivity contribution >= 4 is 0 Å². The molecule has 2 aromatic carbocycles. The normalized spacial score (nSPS) is 17.2. The number of benzene rings is 2. The molecule has 0 aromatic heterocycles. The monoisotopic (exact) mass is 342 g/mol. The maximum absolute atomic E-state index is 8.92. The van der Waals surface area contributed by atoms with Crippen LogP contribution in [0.15, 0.2) is 48.5 Å². The molecule has 1 heterocycles. The standard InChI is InChI=1S/C21H26O4/c22-14-12-17-4-8-19(9-5-17)23-16-13-18-6-10-20(11-7-18)25-21-3-1-2-15-24-21/h4-11,21-22H,1-3,12-16H2. The van der Waals surface area contributed by atoms with Crippen LogP contribution < -0.4 is 9.47 Å². The van der Waals surface area contributed by atoms with Crippen molar-refractivity contribution in [1.29, 1.82) is 0 Å². The summed E-state index contributed by atoms with van der Waals surface area (Å²) in [5.74, 6) is 1.71. The maximum Gasteiger partial charge on any atom is 0.199 e. The summed E-state index contributed by atoms with van der Waals surface area (Å²) in [6.45, 7) is 1.60. The number of aliphatic hydroxyl groups excluding tert-OH is 1. The van der Waals surface area contributed by atoms with Gasteiger partial charge in [0.25, 0.3) is 0 Å². The van der Waals surface area contributed by atoms with E-state index < -0.39 is 0 Å². The fraction of sp³-hybridized carbons (Fsp3) is 0.429. The number of aliphatic hydroxyl groups is 1. The van der Waals surface area contributed by atoms with Crippen LogP contribution in [-0.4, -0.2) is 31.2 Å². The van der Waals surface area contributed by atoms with Crippen LogP contribution in [0.5, 0.6) is 11.5 Å². The number of hydrogen-bond acceptors (Lipinski definition) is 4. The van der Waals surface area contributed by atoms with Crippen molar-refractivity contribution in [3.05, 3.63) is 59.7 Å². The van der Waals surface area contributed by atoms with Gasteiger partial charge in [0.15, 0.2) is 6.29 Å². The molecule has 1 unspecified atom stereocenters. The Kier molecular flexibility index (Phi) is 6.71. The Morgan fingerprint density at radius 1 is 0.880 bits per heavy atom. The second-order valence-corrected chi connectivity index (χ2v) is 6.27. The van der Waals surface area contributed by atoms with Gasteiger partial charge in [0.1, 0.15) is 11.5 Å². The Morgan fingerprint density at radius 2 is 1.56 bits per heavy atom. The summed E-state index contributed by atoms with van der Waals surface area (Å²) in [6, 6.07) is 16.0. The van der Waals surface area contributed by atoms with Crippen LogP contribution in [0, 0.1) is 0 Å². The fourth-order valence-electron chi connectivity index (χ4n) is 2.86. The third kappa shape index (κ3) is 5.76. The molecule has 0 saturated carbocycles. The molecule has 3 rings (SSSR count). The third-order valence-corrected chi connectivity index (χ3v) is 4.31. The van der Waals surface area contributed by atoms with Crippen molar-refractivity contribution in [3.63, 3.8) is 0 Å². The molecule has 0 spiro atoms. The lowest BCUT2D eigenvalue weighted by molar-refractivity contribution is -0.105. The van der Waals surface area contributed by atoms with Gasteiger partial charge in [-0.3, -0.25) is 0 Å². The van der Waals surface area contributed by atoms with Crippen molar-refractivity contribution in [2.45, 2.75) is 38.4 Å². The van der Waals surface area contributed by atoms with E-state index in [2.05, 4.69) is 12.1 Å². The molecule has 1 aliphatic rings. The SMILES string of the molecule is OCCc1ccc(OCCc2ccc(OC3CCCCO3)cc2)cc1. The maximum atomic E-state index is 8.92. The average molecular weight is 342 g/mol. The Bertz CT molecular complexity index is 615. The van der Waals surface area contributed by atoms with Crippen LogP contribution in [0.25, 0.3) is 0 Å². The van der Waals surface area contributed by atoms with Gasteiger partial charge in [-0.05, 0) is 54.7 Å². The van der Waals surface area contributed by atoms with Crippen LogP contribution in [0.4, 0.5) is 0 Å². The molecule has 1 aliphatic heterocycles. The first kappa shape index (κ1) is 17.8. The van der Waals surface area contributed by atoms with E-state index in [-0.39, 0.29) is 12.9 Å². The highest BCUT2D eigenvalue weighted by atomic mass is 16.7. The number of ether oxygens (including phenoxy) is 3. The van der Waals surface area contributed by atoms with Gasteiger partial charge in [0, 0.05) is 19.4 Å². The zero-order chi connectivity index (χ0) is 17.3. The Labute approximate surface area is 149 Å². The quantitative estimate of drug-likeness (QED) is 0.794. The highest BCUT2D eigenvalue weighted by molar-refractivity contribution is 5.29. The lowest BCUT2D eigenvalue weighted by Crippen LogP contribution is -2.24. The fourth-order valence-corrected chi connectivity index (χ4v) is 2.86. The van der Waals surface area contributed by atoms with Gasteiger partial charge in [-0.25, -0.2) is 0 Å². The smallest absolute Gasteiger partial charge is 0.199 e. The van der Waals surface area contributed by atoms with E-state index in [4.69, 9.17) is 19.3 Å². The Hall–Kier alpha value is -2.04. The molecular weight excluding hydrogens is 316 g/mol. The van der Waals surface area contributed by atoms with E-state index in [0.29, 0.717) is 13.0 Å². The summed E-state index contributed by atoms with van der Waals surface area (Å²) in [5.41, 5.74) is 2.33.